The molecule has 12 heavy (non-hydrogen) atoms. The van der Waals surface area contributed by atoms with Gasteiger partial charge in [-0.05, 0) is 13.3 Å². The van der Waals surface area contributed by atoms with Crippen molar-refractivity contribution in [1.82, 2.24) is 0 Å². The zero-order valence-electron chi connectivity index (χ0n) is 7.71. The molecule has 0 aromatic heterocycles. The van der Waals surface area contributed by atoms with Crippen molar-refractivity contribution in [3.63, 3.8) is 0 Å². The summed E-state index contributed by atoms with van der Waals surface area (Å²) >= 11 is 0. The van der Waals surface area contributed by atoms with Gasteiger partial charge >= 0.3 is 5.97 Å². The summed E-state index contributed by atoms with van der Waals surface area (Å²) in [6.45, 7) is 5.06. The van der Waals surface area contributed by atoms with Crippen LogP contribution in [0, 0.1) is 0 Å². The van der Waals surface area contributed by atoms with Crippen LogP contribution < -0.4 is 5.73 Å². The lowest BCUT2D eigenvalue weighted by Gasteiger charge is -2.06. The molecule has 0 saturated heterocycles. The van der Waals surface area contributed by atoms with Gasteiger partial charge in [0, 0.05) is 6.61 Å². The summed E-state index contributed by atoms with van der Waals surface area (Å²) in [5, 5.41) is 0. The average molecular weight is 175 g/mol. The zero-order valence-corrected chi connectivity index (χ0v) is 7.71. The zero-order chi connectivity index (χ0) is 9.40. The Balaban J connectivity index is 3.14. The fraction of sp³-hybridized carbons (Fsp3) is 0.875. The van der Waals surface area contributed by atoms with Gasteiger partial charge in [-0.2, -0.15) is 0 Å². The first kappa shape index (κ1) is 11.4. The highest BCUT2D eigenvalue weighted by Crippen LogP contribution is 1.85. The van der Waals surface area contributed by atoms with Crippen LogP contribution in [0.4, 0.5) is 0 Å². The number of rotatable bonds is 6. The van der Waals surface area contributed by atoms with E-state index in [2.05, 4.69) is 0 Å². The lowest BCUT2D eigenvalue weighted by molar-refractivity contribution is -0.146. The van der Waals surface area contributed by atoms with Gasteiger partial charge in [0.1, 0.15) is 12.6 Å². The van der Waals surface area contributed by atoms with Crippen LogP contribution in [-0.2, 0) is 14.3 Å². The van der Waals surface area contributed by atoms with Crippen molar-refractivity contribution in [3.8, 4) is 0 Å². The molecule has 0 rings (SSSR count). The minimum absolute atomic E-state index is 0.292. The quantitative estimate of drug-likeness (QED) is 0.466. The Morgan fingerprint density at radius 1 is 1.42 bits per heavy atom. The molecule has 0 aliphatic heterocycles. The van der Waals surface area contributed by atoms with Crippen molar-refractivity contribution in [1.29, 1.82) is 0 Å². The number of carbonyl (C=O) groups is 1. The normalized spacial score (nSPS) is 12.6. The molecule has 1 atom stereocenters. The Labute approximate surface area is 73.0 Å². The minimum atomic E-state index is -0.545. The Hall–Kier alpha value is -0.610. The number of hydrogen-bond donors (Lipinski definition) is 1. The molecular weight excluding hydrogens is 158 g/mol. The molecule has 0 bridgehead atoms. The van der Waals surface area contributed by atoms with Crippen molar-refractivity contribution < 1.29 is 14.3 Å². The Morgan fingerprint density at radius 3 is 2.58 bits per heavy atom. The highest BCUT2D eigenvalue weighted by molar-refractivity contribution is 5.74. The summed E-state index contributed by atoms with van der Waals surface area (Å²) in [6, 6.07) is -0.545. The van der Waals surface area contributed by atoms with Gasteiger partial charge < -0.3 is 15.2 Å². The number of esters is 1. The maximum atomic E-state index is 10.8. The van der Waals surface area contributed by atoms with Crippen LogP contribution in [0.3, 0.4) is 0 Å². The molecule has 0 aromatic carbocycles. The number of hydrogen-bond acceptors (Lipinski definition) is 4. The molecule has 0 amide bonds. The number of nitrogens with two attached hydrogens (primary N) is 1. The predicted molar refractivity (Wildman–Crippen MR) is 45.7 cm³/mol. The van der Waals surface area contributed by atoms with E-state index in [4.69, 9.17) is 15.2 Å². The van der Waals surface area contributed by atoms with Gasteiger partial charge in [0.2, 0.25) is 0 Å². The summed E-state index contributed by atoms with van der Waals surface area (Å²) in [6.07, 6.45) is 0.973. The summed E-state index contributed by atoms with van der Waals surface area (Å²) < 4.78 is 9.86. The molecule has 72 valence electrons. The van der Waals surface area contributed by atoms with Gasteiger partial charge in [0.15, 0.2) is 0 Å². The van der Waals surface area contributed by atoms with E-state index in [1.54, 1.807) is 6.92 Å². The molecule has 2 N–H and O–H groups in total. The Morgan fingerprint density at radius 2 is 2.08 bits per heavy atom. The molecule has 0 spiro atoms. The molecule has 0 aromatic rings. The van der Waals surface area contributed by atoms with E-state index in [1.165, 1.54) is 0 Å². The highest BCUT2D eigenvalue weighted by atomic mass is 16.6. The SMILES string of the molecule is CCCOCCOC(=O)[C@@H](C)N. The first-order chi connectivity index (χ1) is 5.68. The minimum Gasteiger partial charge on any atom is -0.462 e. The summed E-state index contributed by atoms with van der Waals surface area (Å²) in [4.78, 5) is 10.8. The van der Waals surface area contributed by atoms with E-state index in [-0.39, 0.29) is 5.97 Å². The smallest absolute Gasteiger partial charge is 0.322 e. The van der Waals surface area contributed by atoms with E-state index in [1.807, 2.05) is 6.92 Å². The number of carbonyl (C=O) groups excluding carboxylic acids is 1. The molecule has 0 fully saturated rings. The van der Waals surface area contributed by atoms with Gasteiger partial charge in [-0.1, -0.05) is 6.92 Å². The third kappa shape index (κ3) is 6.12. The van der Waals surface area contributed by atoms with E-state index < -0.39 is 6.04 Å². The van der Waals surface area contributed by atoms with Gasteiger partial charge in [-0.25, -0.2) is 0 Å². The van der Waals surface area contributed by atoms with Gasteiger partial charge in [0.25, 0.3) is 0 Å². The largest absolute Gasteiger partial charge is 0.462 e. The molecular formula is C8H17NO3. The van der Waals surface area contributed by atoms with Crippen molar-refractivity contribution in [2.24, 2.45) is 5.73 Å². The third-order valence-electron chi connectivity index (χ3n) is 1.19. The van der Waals surface area contributed by atoms with Crippen LogP contribution in [-0.4, -0.2) is 31.8 Å². The second-order valence-electron chi connectivity index (χ2n) is 2.57. The van der Waals surface area contributed by atoms with Crippen LogP contribution in [0.5, 0.6) is 0 Å². The third-order valence-corrected chi connectivity index (χ3v) is 1.19. The maximum absolute atomic E-state index is 10.8. The van der Waals surface area contributed by atoms with Crippen LogP contribution in [0.25, 0.3) is 0 Å². The summed E-state index contributed by atoms with van der Waals surface area (Å²) in [7, 11) is 0. The summed E-state index contributed by atoms with van der Waals surface area (Å²) in [5.74, 6) is -0.380. The molecule has 4 heteroatoms. The van der Waals surface area contributed by atoms with E-state index >= 15 is 0 Å². The monoisotopic (exact) mass is 175 g/mol. The fourth-order valence-corrected chi connectivity index (χ4v) is 0.579. The van der Waals surface area contributed by atoms with Crippen LogP contribution in [0.2, 0.25) is 0 Å². The standard InChI is InChI=1S/C8H17NO3/c1-3-4-11-5-6-12-8(10)7(2)9/h7H,3-6,9H2,1-2H3/t7-/m1/s1. The molecule has 4 nitrogen and oxygen atoms in total. The molecule has 0 aliphatic rings. The van der Waals surface area contributed by atoms with Crippen LogP contribution >= 0.6 is 0 Å². The Bertz CT molecular complexity index is 125. The highest BCUT2D eigenvalue weighted by Gasteiger charge is 2.07. The lowest BCUT2D eigenvalue weighted by atomic mass is 10.4. The maximum Gasteiger partial charge on any atom is 0.322 e. The van der Waals surface area contributed by atoms with Gasteiger partial charge in [-0.15, -0.1) is 0 Å². The molecule has 0 saturated carbocycles. The van der Waals surface area contributed by atoms with Crippen molar-refractivity contribution in [2.75, 3.05) is 19.8 Å². The molecule has 0 unspecified atom stereocenters. The van der Waals surface area contributed by atoms with Crippen molar-refractivity contribution in [2.45, 2.75) is 26.3 Å². The van der Waals surface area contributed by atoms with Crippen molar-refractivity contribution in [3.05, 3.63) is 0 Å². The average Bonchev–Trinajstić information content (AvgIpc) is 2.03. The first-order valence-corrected chi connectivity index (χ1v) is 4.18. The van der Waals surface area contributed by atoms with E-state index in [9.17, 15) is 4.79 Å². The van der Waals surface area contributed by atoms with E-state index in [0.29, 0.717) is 19.8 Å². The van der Waals surface area contributed by atoms with Crippen LogP contribution in [0.1, 0.15) is 20.3 Å². The van der Waals surface area contributed by atoms with Gasteiger partial charge in [-0.3, -0.25) is 4.79 Å². The Kier molecular flexibility index (Phi) is 6.70. The van der Waals surface area contributed by atoms with E-state index in [0.717, 1.165) is 6.42 Å². The lowest BCUT2D eigenvalue weighted by Crippen LogP contribution is -2.29. The van der Waals surface area contributed by atoms with Gasteiger partial charge in [0.05, 0.1) is 6.61 Å². The fourth-order valence-electron chi connectivity index (χ4n) is 0.579. The topological polar surface area (TPSA) is 61.5 Å². The molecule has 0 radical (unpaired) electrons. The molecule has 0 aliphatic carbocycles. The number of ether oxygens (including phenoxy) is 2. The second-order valence-corrected chi connectivity index (χ2v) is 2.57. The summed E-state index contributed by atoms with van der Waals surface area (Å²) in [5.41, 5.74) is 5.26. The first-order valence-electron chi connectivity index (χ1n) is 4.18. The van der Waals surface area contributed by atoms with Crippen LogP contribution in [0.15, 0.2) is 0 Å². The molecule has 0 heterocycles. The second kappa shape index (κ2) is 7.06. The predicted octanol–water partition coefficient (Wildman–Crippen LogP) is 0.303. The van der Waals surface area contributed by atoms with Crippen molar-refractivity contribution >= 4 is 5.97 Å².